The molecule has 0 radical (unpaired) electrons. The van der Waals surface area contributed by atoms with E-state index in [1.165, 1.54) is 23.1 Å². The molecule has 1 aliphatic rings. The Morgan fingerprint density at radius 3 is 2.60 bits per heavy atom. The van der Waals surface area contributed by atoms with E-state index in [1.54, 1.807) is 11.0 Å². The number of alkyl halides is 3. The van der Waals surface area contributed by atoms with E-state index in [4.69, 9.17) is 0 Å². The summed E-state index contributed by atoms with van der Waals surface area (Å²) in [5, 5.41) is 14.0. The van der Waals surface area contributed by atoms with Gasteiger partial charge in [0.05, 0.1) is 11.3 Å². The van der Waals surface area contributed by atoms with Crippen molar-refractivity contribution in [3.05, 3.63) is 65.5 Å². The van der Waals surface area contributed by atoms with Crippen molar-refractivity contribution in [2.75, 3.05) is 18.4 Å². The van der Waals surface area contributed by atoms with Crippen LogP contribution in [-0.4, -0.2) is 44.2 Å². The number of carbonyl (C=O) groups is 1. The van der Waals surface area contributed by atoms with Gasteiger partial charge >= 0.3 is 12.2 Å². The van der Waals surface area contributed by atoms with Crippen LogP contribution < -0.4 is 5.32 Å². The first-order valence-electron chi connectivity index (χ1n) is 9.38. The minimum atomic E-state index is -4.35. The molecule has 0 bridgehead atoms. The molecular weight excluding hydrogens is 397 g/mol. The number of urea groups is 1. The van der Waals surface area contributed by atoms with Crippen LogP contribution in [0.2, 0.25) is 0 Å². The smallest absolute Gasteiger partial charge is 0.324 e. The number of hydrogen-bond donors (Lipinski definition) is 1. The highest BCUT2D eigenvalue weighted by Crippen LogP contribution is 2.32. The second-order valence-corrected chi connectivity index (χ2v) is 7.24. The van der Waals surface area contributed by atoms with Crippen LogP contribution in [0, 0.1) is 6.92 Å². The van der Waals surface area contributed by atoms with Crippen LogP contribution in [0.3, 0.4) is 0 Å². The fourth-order valence-corrected chi connectivity index (χ4v) is 3.52. The lowest BCUT2D eigenvalue weighted by Crippen LogP contribution is -2.33. The highest BCUT2D eigenvalue weighted by molar-refractivity contribution is 5.90. The van der Waals surface area contributed by atoms with Crippen molar-refractivity contribution in [2.24, 2.45) is 0 Å². The summed E-state index contributed by atoms with van der Waals surface area (Å²) in [4.78, 5) is 14.4. The van der Waals surface area contributed by atoms with Crippen LogP contribution in [-0.2, 0) is 6.18 Å². The lowest BCUT2D eigenvalue weighted by atomic mass is 9.97. The van der Waals surface area contributed by atoms with Gasteiger partial charge in [-0.1, -0.05) is 18.2 Å². The molecule has 1 atom stereocenters. The zero-order chi connectivity index (χ0) is 21.3. The molecule has 1 N–H and O–H groups in total. The highest BCUT2D eigenvalue weighted by Gasteiger charge is 2.31. The Labute approximate surface area is 170 Å². The van der Waals surface area contributed by atoms with Crippen LogP contribution in [0.1, 0.15) is 29.0 Å². The number of likely N-dealkylation sites (tertiary alicyclic amines) is 1. The molecule has 0 aliphatic carbocycles. The Hall–Kier alpha value is -3.43. The van der Waals surface area contributed by atoms with Crippen LogP contribution in [0.15, 0.2) is 48.8 Å². The van der Waals surface area contributed by atoms with Gasteiger partial charge in [0.2, 0.25) is 0 Å². The van der Waals surface area contributed by atoms with Gasteiger partial charge in [-0.15, -0.1) is 5.10 Å². The van der Waals surface area contributed by atoms with Gasteiger partial charge in [-0.2, -0.15) is 13.2 Å². The molecule has 30 heavy (non-hydrogen) atoms. The number of rotatable bonds is 3. The van der Waals surface area contributed by atoms with Crippen molar-refractivity contribution in [2.45, 2.75) is 25.4 Å². The molecule has 2 heterocycles. The summed E-state index contributed by atoms with van der Waals surface area (Å²) in [7, 11) is 0. The van der Waals surface area contributed by atoms with Crippen molar-refractivity contribution in [1.29, 1.82) is 0 Å². The maximum Gasteiger partial charge on any atom is 0.416 e. The molecule has 1 saturated heterocycles. The zero-order valence-electron chi connectivity index (χ0n) is 16.1. The number of anilines is 1. The molecule has 1 aliphatic heterocycles. The molecule has 1 unspecified atom stereocenters. The summed E-state index contributed by atoms with van der Waals surface area (Å²) in [6, 6.07) is 10.4. The number of halogens is 3. The molecular formula is C20H19F3N6O. The van der Waals surface area contributed by atoms with Crippen LogP contribution in [0.25, 0.3) is 5.69 Å². The monoisotopic (exact) mass is 416 g/mol. The van der Waals surface area contributed by atoms with Gasteiger partial charge in [-0.25, -0.2) is 9.48 Å². The largest absolute Gasteiger partial charge is 0.416 e. The van der Waals surface area contributed by atoms with Crippen molar-refractivity contribution in [3.63, 3.8) is 0 Å². The van der Waals surface area contributed by atoms with E-state index in [9.17, 15) is 18.0 Å². The number of hydrogen-bond acceptors (Lipinski definition) is 4. The van der Waals surface area contributed by atoms with E-state index in [0.717, 1.165) is 23.3 Å². The van der Waals surface area contributed by atoms with Crippen molar-refractivity contribution >= 4 is 11.7 Å². The predicted octanol–water partition coefficient (Wildman–Crippen LogP) is 4.01. The summed E-state index contributed by atoms with van der Waals surface area (Å²) in [5.74, 6) is 0.00619. The highest BCUT2D eigenvalue weighted by atomic mass is 19.4. The summed E-state index contributed by atoms with van der Waals surface area (Å²) < 4.78 is 39.7. The number of nitrogens with one attached hydrogen (secondary N) is 1. The molecule has 7 nitrogen and oxygen atoms in total. The van der Waals surface area contributed by atoms with Crippen LogP contribution >= 0.6 is 0 Å². The van der Waals surface area contributed by atoms with Crippen LogP contribution in [0.4, 0.5) is 23.7 Å². The van der Waals surface area contributed by atoms with Gasteiger partial charge in [0.1, 0.15) is 6.33 Å². The number of tetrazole rings is 1. The number of aryl methyl sites for hydroxylation is 1. The van der Waals surface area contributed by atoms with E-state index in [-0.39, 0.29) is 11.9 Å². The Bertz CT molecular complexity index is 1030. The molecule has 0 spiro atoms. The number of aromatic nitrogens is 4. The number of benzene rings is 2. The average Bonchev–Trinajstić information content (AvgIpc) is 3.41. The first-order valence-corrected chi connectivity index (χ1v) is 9.38. The van der Waals surface area contributed by atoms with Gasteiger partial charge < -0.3 is 10.2 Å². The molecule has 10 heteroatoms. The van der Waals surface area contributed by atoms with Gasteiger partial charge in [0, 0.05) is 24.7 Å². The Balaban J connectivity index is 1.43. The molecule has 2 amide bonds. The molecule has 4 rings (SSSR count). The van der Waals surface area contributed by atoms with E-state index < -0.39 is 11.7 Å². The lowest BCUT2D eigenvalue weighted by molar-refractivity contribution is -0.137. The summed E-state index contributed by atoms with van der Waals surface area (Å²) in [5.41, 5.74) is 2.38. The van der Waals surface area contributed by atoms with Gasteiger partial charge in [0.25, 0.3) is 0 Å². The van der Waals surface area contributed by atoms with E-state index in [0.29, 0.717) is 30.9 Å². The molecule has 0 saturated carbocycles. The fourth-order valence-electron chi connectivity index (χ4n) is 3.52. The number of amides is 2. The van der Waals surface area contributed by atoms with E-state index in [2.05, 4.69) is 20.8 Å². The topological polar surface area (TPSA) is 75.9 Å². The number of carbonyl (C=O) groups excluding carboxylic acids is 1. The third-order valence-electron chi connectivity index (χ3n) is 5.26. The number of nitrogens with zero attached hydrogens (tertiary/aromatic N) is 5. The predicted molar refractivity (Wildman–Crippen MR) is 103 cm³/mol. The van der Waals surface area contributed by atoms with Crippen molar-refractivity contribution in [1.82, 2.24) is 25.1 Å². The summed E-state index contributed by atoms with van der Waals surface area (Å²) in [6.45, 7) is 2.86. The Morgan fingerprint density at radius 2 is 1.93 bits per heavy atom. The van der Waals surface area contributed by atoms with Crippen LogP contribution in [0.5, 0.6) is 0 Å². The maximum absolute atomic E-state index is 12.7. The van der Waals surface area contributed by atoms with Gasteiger partial charge in [-0.3, -0.25) is 0 Å². The zero-order valence-corrected chi connectivity index (χ0v) is 16.1. The Kier molecular flexibility index (Phi) is 5.15. The van der Waals surface area contributed by atoms with E-state index >= 15 is 0 Å². The molecule has 2 aromatic carbocycles. The third kappa shape index (κ3) is 4.12. The molecule has 1 aromatic heterocycles. The lowest BCUT2D eigenvalue weighted by Gasteiger charge is -2.19. The van der Waals surface area contributed by atoms with E-state index in [1.807, 2.05) is 19.1 Å². The van der Waals surface area contributed by atoms with Gasteiger partial charge in [-0.05, 0) is 59.2 Å². The average molecular weight is 416 g/mol. The quantitative estimate of drug-likeness (QED) is 0.700. The summed E-state index contributed by atoms with van der Waals surface area (Å²) in [6.07, 6.45) is -2.19. The first kappa shape index (κ1) is 19.9. The maximum atomic E-state index is 12.7. The molecule has 1 fully saturated rings. The van der Waals surface area contributed by atoms with Crippen molar-refractivity contribution in [3.8, 4) is 5.69 Å². The summed E-state index contributed by atoms with van der Waals surface area (Å²) >= 11 is 0. The molecule has 3 aromatic rings. The fraction of sp³-hybridized carbons (Fsp3) is 0.300. The minimum absolute atomic E-state index is 0.00619. The minimum Gasteiger partial charge on any atom is -0.324 e. The van der Waals surface area contributed by atoms with Gasteiger partial charge in [0.15, 0.2) is 0 Å². The SMILES string of the molecule is Cc1ccc(-n2cnnn2)cc1NC(=O)N1CCC(c2ccc(C(F)(F)F)cc2)C1. The molecule has 156 valence electrons. The normalized spacial score (nSPS) is 16.7. The Morgan fingerprint density at radius 1 is 1.17 bits per heavy atom. The standard InChI is InChI=1S/C20H19F3N6O/c1-13-2-7-17(29-12-24-26-27-29)10-18(13)25-19(30)28-9-8-15(11-28)14-3-5-16(6-4-14)20(21,22)23/h2-7,10,12,15H,8-9,11H2,1H3,(H,25,30). The third-order valence-corrected chi connectivity index (χ3v) is 5.26. The second-order valence-electron chi connectivity index (χ2n) is 7.24. The van der Waals surface area contributed by atoms with Crippen molar-refractivity contribution < 1.29 is 18.0 Å². The second kappa shape index (κ2) is 7.77. The first-order chi connectivity index (χ1) is 14.3.